The van der Waals surface area contributed by atoms with Gasteiger partial charge in [0.15, 0.2) is 9.84 Å². The number of rotatable bonds is 9. The van der Waals surface area contributed by atoms with Gasteiger partial charge in [-0.1, -0.05) is 43.2 Å². The predicted octanol–water partition coefficient (Wildman–Crippen LogP) is 2.56. The summed E-state index contributed by atoms with van der Waals surface area (Å²) in [6.45, 7) is 0.573. The summed E-state index contributed by atoms with van der Waals surface area (Å²) in [7, 11) is -3.70. The number of hydrogen-bond acceptors (Lipinski definition) is 5. The van der Waals surface area contributed by atoms with Gasteiger partial charge in [0.1, 0.15) is 6.04 Å². The van der Waals surface area contributed by atoms with Gasteiger partial charge in [0.05, 0.1) is 22.6 Å². The lowest BCUT2D eigenvalue weighted by molar-refractivity contribution is -0.126. The van der Waals surface area contributed by atoms with Gasteiger partial charge in [-0.3, -0.25) is 9.59 Å². The average Bonchev–Trinajstić information content (AvgIpc) is 3.52. The van der Waals surface area contributed by atoms with Crippen LogP contribution in [0.15, 0.2) is 47.4 Å². The second-order valence-electron chi connectivity index (χ2n) is 8.87. The third-order valence-electron chi connectivity index (χ3n) is 6.34. The second-order valence-corrected chi connectivity index (χ2v) is 10.9. The third-order valence-corrected chi connectivity index (χ3v) is 8.15. The van der Waals surface area contributed by atoms with E-state index in [4.69, 9.17) is 0 Å². The molecule has 1 saturated carbocycles. The van der Waals surface area contributed by atoms with E-state index in [0.717, 1.165) is 23.6 Å². The quantitative estimate of drug-likeness (QED) is 0.605. The number of sulfone groups is 1. The van der Waals surface area contributed by atoms with Crippen LogP contribution in [-0.4, -0.2) is 38.6 Å². The SMILES string of the molecule is N#C[C@H](C[C@@H]1CCNC1=O)NC(=O)[C@H](CC1CC1)CS(=O)(=O)c1ccc2ccccc2c1. The van der Waals surface area contributed by atoms with E-state index in [1.807, 2.05) is 24.3 Å². The number of fused-ring (bicyclic) bond motifs is 1. The first kappa shape index (κ1) is 22.3. The lowest BCUT2D eigenvalue weighted by Gasteiger charge is -2.20. The van der Waals surface area contributed by atoms with Crippen LogP contribution >= 0.6 is 0 Å². The Labute approximate surface area is 188 Å². The highest BCUT2D eigenvalue weighted by Gasteiger charge is 2.35. The summed E-state index contributed by atoms with van der Waals surface area (Å²) in [6.07, 6.45) is 3.34. The highest BCUT2D eigenvalue weighted by molar-refractivity contribution is 7.91. The Morgan fingerprint density at radius 2 is 1.88 bits per heavy atom. The molecule has 1 saturated heterocycles. The predicted molar refractivity (Wildman–Crippen MR) is 120 cm³/mol. The molecule has 2 aromatic carbocycles. The normalized spacial score (nSPS) is 20.3. The molecule has 1 aliphatic carbocycles. The molecule has 2 aliphatic rings. The molecule has 0 spiro atoms. The van der Waals surface area contributed by atoms with Gasteiger partial charge in [-0.05, 0) is 48.1 Å². The van der Waals surface area contributed by atoms with Crippen LogP contribution < -0.4 is 10.6 Å². The molecule has 2 amide bonds. The van der Waals surface area contributed by atoms with Gasteiger partial charge < -0.3 is 10.6 Å². The van der Waals surface area contributed by atoms with Crippen LogP contribution in [0.25, 0.3) is 10.8 Å². The van der Waals surface area contributed by atoms with E-state index >= 15 is 0 Å². The monoisotopic (exact) mass is 453 g/mol. The van der Waals surface area contributed by atoms with Gasteiger partial charge in [0.2, 0.25) is 11.8 Å². The number of carbonyl (C=O) groups excluding carboxylic acids is 2. The van der Waals surface area contributed by atoms with Crippen molar-refractivity contribution >= 4 is 32.4 Å². The minimum absolute atomic E-state index is 0.104. The Morgan fingerprint density at radius 1 is 1.12 bits per heavy atom. The number of amides is 2. The molecule has 2 aromatic rings. The van der Waals surface area contributed by atoms with E-state index in [9.17, 15) is 23.3 Å². The number of nitriles is 1. The first-order valence-electron chi connectivity index (χ1n) is 11.0. The van der Waals surface area contributed by atoms with Crippen LogP contribution in [-0.2, 0) is 19.4 Å². The molecule has 7 nitrogen and oxygen atoms in total. The molecule has 32 heavy (non-hydrogen) atoms. The number of nitrogens with one attached hydrogen (secondary N) is 2. The highest BCUT2D eigenvalue weighted by Crippen LogP contribution is 2.36. The fourth-order valence-corrected chi connectivity index (χ4v) is 5.91. The molecule has 2 fully saturated rings. The van der Waals surface area contributed by atoms with E-state index < -0.39 is 27.7 Å². The van der Waals surface area contributed by atoms with Gasteiger partial charge in [-0.15, -0.1) is 0 Å². The summed E-state index contributed by atoms with van der Waals surface area (Å²) in [5.74, 6) is -1.51. The van der Waals surface area contributed by atoms with E-state index in [2.05, 4.69) is 16.7 Å². The zero-order valence-electron chi connectivity index (χ0n) is 17.8. The van der Waals surface area contributed by atoms with Crippen LogP contribution in [0.2, 0.25) is 0 Å². The molecular weight excluding hydrogens is 426 g/mol. The van der Waals surface area contributed by atoms with Crippen molar-refractivity contribution in [2.75, 3.05) is 12.3 Å². The molecule has 0 bridgehead atoms. The van der Waals surface area contributed by atoms with Gasteiger partial charge in [0.25, 0.3) is 0 Å². The van der Waals surface area contributed by atoms with E-state index in [-0.39, 0.29) is 28.9 Å². The Morgan fingerprint density at radius 3 is 2.53 bits per heavy atom. The Hall–Kier alpha value is -2.92. The topological polar surface area (TPSA) is 116 Å². The van der Waals surface area contributed by atoms with Crippen LogP contribution in [0.1, 0.15) is 32.1 Å². The van der Waals surface area contributed by atoms with Gasteiger partial charge >= 0.3 is 0 Å². The zero-order valence-corrected chi connectivity index (χ0v) is 18.6. The number of nitrogens with zero attached hydrogens (tertiary/aromatic N) is 1. The van der Waals surface area contributed by atoms with Gasteiger partial charge in [0, 0.05) is 12.5 Å². The summed E-state index contributed by atoms with van der Waals surface area (Å²) in [6, 6.07) is 13.8. The second kappa shape index (κ2) is 9.29. The summed E-state index contributed by atoms with van der Waals surface area (Å²) in [4.78, 5) is 25.0. The van der Waals surface area contributed by atoms with E-state index in [1.54, 1.807) is 18.2 Å². The van der Waals surface area contributed by atoms with Crippen molar-refractivity contribution in [2.45, 2.75) is 43.0 Å². The summed E-state index contributed by atoms with van der Waals surface area (Å²) in [5, 5.41) is 16.7. The van der Waals surface area contributed by atoms with Crippen molar-refractivity contribution in [1.29, 1.82) is 5.26 Å². The molecule has 1 aliphatic heterocycles. The standard InChI is InChI=1S/C24H27N3O4S/c25-14-21(12-19-9-10-26-23(19)28)27-24(29)20(11-16-5-6-16)15-32(30,31)22-8-7-17-3-1-2-4-18(17)13-22/h1-4,7-8,13,16,19-21H,5-6,9-12,15H2,(H,26,28)(H,27,29)/t19-,20+,21-/m0/s1. The number of benzene rings is 2. The molecule has 0 radical (unpaired) electrons. The number of carbonyl (C=O) groups is 2. The van der Waals surface area contributed by atoms with Gasteiger partial charge in [-0.25, -0.2) is 8.42 Å². The molecule has 8 heteroatoms. The largest absolute Gasteiger partial charge is 0.356 e. The summed E-state index contributed by atoms with van der Waals surface area (Å²) in [5.41, 5.74) is 0. The van der Waals surface area contributed by atoms with Crippen molar-refractivity contribution in [3.05, 3.63) is 42.5 Å². The summed E-state index contributed by atoms with van der Waals surface area (Å²) >= 11 is 0. The van der Waals surface area contributed by atoms with Crippen molar-refractivity contribution in [3.63, 3.8) is 0 Å². The zero-order chi connectivity index (χ0) is 22.7. The van der Waals surface area contributed by atoms with Crippen molar-refractivity contribution in [2.24, 2.45) is 17.8 Å². The third kappa shape index (κ3) is 5.28. The molecular formula is C24H27N3O4S. The smallest absolute Gasteiger partial charge is 0.225 e. The first-order valence-corrected chi connectivity index (χ1v) is 12.7. The lowest BCUT2D eigenvalue weighted by Crippen LogP contribution is -2.42. The van der Waals surface area contributed by atoms with Crippen LogP contribution in [0, 0.1) is 29.1 Å². The first-order chi connectivity index (χ1) is 15.4. The Kier molecular flexibility index (Phi) is 6.47. The van der Waals surface area contributed by atoms with Crippen molar-refractivity contribution < 1.29 is 18.0 Å². The van der Waals surface area contributed by atoms with Gasteiger partial charge in [-0.2, -0.15) is 5.26 Å². The molecule has 4 rings (SSSR count). The molecule has 3 atom stereocenters. The van der Waals surface area contributed by atoms with E-state index in [1.165, 1.54) is 0 Å². The maximum Gasteiger partial charge on any atom is 0.225 e. The van der Waals surface area contributed by atoms with E-state index in [0.29, 0.717) is 25.3 Å². The van der Waals surface area contributed by atoms with Crippen molar-refractivity contribution in [3.8, 4) is 6.07 Å². The minimum Gasteiger partial charge on any atom is -0.356 e. The average molecular weight is 454 g/mol. The van der Waals surface area contributed by atoms with Crippen LogP contribution in [0.4, 0.5) is 0 Å². The number of hydrogen-bond donors (Lipinski definition) is 2. The van der Waals surface area contributed by atoms with Crippen molar-refractivity contribution in [1.82, 2.24) is 10.6 Å². The fourth-order valence-electron chi connectivity index (χ4n) is 4.32. The Bertz CT molecular complexity index is 1170. The maximum atomic E-state index is 13.2. The van der Waals surface area contributed by atoms with Crippen LogP contribution in [0.5, 0.6) is 0 Å². The minimum atomic E-state index is -3.70. The molecule has 2 N–H and O–H groups in total. The lowest BCUT2D eigenvalue weighted by atomic mass is 9.97. The molecule has 1 heterocycles. The summed E-state index contributed by atoms with van der Waals surface area (Å²) < 4.78 is 26.3. The highest BCUT2D eigenvalue weighted by atomic mass is 32.2. The fraction of sp³-hybridized carbons (Fsp3) is 0.458. The molecule has 168 valence electrons. The molecule has 0 unspecified atom stereocenters. The van der Waals surface area contributed by atoms with Crippen LogP contribution in [0.3, 0.4) is 0 Å². The molecule has 0 aromatic heterocycles. The Balaban J connectivity index is 1.48. The maximum absolute atomic E-state index is 13.2.